The van der Waals surface area contributed by atoms with E-state index in [9.17, 15) is 4.79 Å². The monoisotopic (exact) mass is 314 g/mol. The lowest BCUT2D eigenvalue weighted by molar-refractivity contribution is -0.115. The van der Waals surface area contributed by atoms with Crippen LogP contribution in [-0.4, -0.2) is 17.2 Å². The van der Waals surface area contributed by atoms with E-state index < -0.39 is 0 Å². The van der Waals surface area contributed by atoms with Gasteiger partial charge in [0, 0.05) is 11.3 Å². The van der Waals surface area contributed by atoms with Gasteiger partial charge < -0.3 is 14.6 Å². The molecule has 1 aliphatic rings. The minimum absolute atomic E-state index is 0.0798. The van der Waals surface area contributed by atoms with Gasteiger partial charge in [-0.1, -0.05) is 5.16 Å². The molecule has 0 radical (unpaired) electrons. The van der Waals surface area contributed by atoms with E-state index in [4.69, 9.17) is 9.26 Å². The van der Waals surface area contributed by atoms with Crippen molar-refractivity contribution in [3.05, 3.63) is 41.3 Å². The minimum atomic E-state index is -0.0798. The van der Waals surface area contributed by atoms with Crippen LogP contribution in [0.2, 0.25) is 0 Å². The lowest BCUT2D eigenvalue weighted by atomic mass is 10.1. The average molecular weight is 314 g/mol. The molecule has 5 nitrogen and oxygen atoms in total. The van der Waals surface area contributed by atoms with Gasteiger partial charge >= 0.3 is 0 Å². The number of ether oxygens (including phenoxy) is 1. The molecule has 122 valence electrons. The summed E-state index contributed by atoms with van der Waals surface area (Å²) in [6.07, 6.45) is 5.38. The first-order chi connectivity index (χ1) is 11.1. The number of rotatable bonds is 5. The van der Waals surface area contributed by atoms with Crippen LogP contribution in [0.3, 0.4) is 0 Å². The van der Waals surface area contributed by atoms with Crippen molar-refractivity contribution in [1.82, 2.24) is 5.16 Å². The van der Waals surface area contributed by atoms with Crippen LogP contribution in [0.25, 0.3) is 0 Å². The molecule has 3 rings (SSSR count). The van der Waals surface area contributed by atoms with E-state index >= 15 is 0 Å². The molecule has 23 heavy (non-hydrogen) atoms. The number of carbonyl (C=O) groups is 1. The Hall–Kier alpha value is -2.30. The number of anilines is 1. The van der Waals surface area contributed by atoms with Gasteiger partial charge in [-0.2, -0.15) is 0 Å². The summed E-state index contributed by atoms with van der Waals surface area (Å²) in [5.74, 6) is 1.47. The van der Waals surface area contributed by atoms with Gasteiger partial charge in [-0.3, -0.25) is 4.79 Å². The van der Waals surface area contributed by atoms with Crippen LogP contribution in [0.1, 0.15) is 42.7 Å². The highest BCUT2D eigenvalue weighted by Gasteiger charge is 2.16. The number of aromatic nitrogens is 1. The van der Waals surface area contributed by atoms with Gasteiger partial charge in [0.2, 0.25) is 5.91 Å². The molecule has 1 heterocycles. The number of nitrogens with one attached hydrogen (secondary N) is 1. The first-order valence-corrected chi connectivity index (χ1v) is 8.10. The van der Waals surface area contributed by atoms with Crippen LogP contribution < -0.4 is 10.1 Å². The second-order valence-corrected chi connectivity index (χ2v) is 6.08. The standard InChI is InChI=1S/C18H22N2O3/c1-12-17(13(2)23-20-12)11-18(21)19-14-7-9-16(10-8-14)22-15-5-3-4-6-15/h7-10,15H,3-6,11H2,1-2H3,(H,19,21). The summed E-state index contributed by atoms with van der Waals surface area (Å²) in [5.41, 5.74) is 2.38. The fraction of sp³-hybridized carbons (Fsp3) is 0.444. The van der Waals surface area contributed by atoms with Gasteiger partial charge in [0.05, 0.1) is 18.2 Å². The normalized spacial score (nSPS) is 14.9. The summed E-state index contributed by atoms with van der Waals surface area (Å²) in [7, 11) is 0. The summed E-state index contributed by atoms with van der Waals surface area (Å²) in [4.78, 5) is 12.1. The van der Waals surface area contributed by atoms with Crippen molar-refractivity contribution >= 4 is 11.6 Å². The number of amides is 1. The van der Waals surface area contributed by atoms with Gasteiger partial charge in [0.15, 0.2) is 0 Å². The van der Waals surface area contributed by atoms with E-state index in [0.29, 0.717) is 11.9 Å². The highest BCUT2D eigenvalue weighted by Crippen LogP contribution is 2.25. The number of aryl methyl sites for hydroxylation is 2. The zero-order valence-electron chi connectivity index (χ0n) is 13.6. The number of nitrogens with zero attached hydrogens (tertiary/aromatic N) is 1. The van der Waals surface area contributed by atoms with Gasteiger partial charge in [-0.15, -0.1) is 0 Å². The quantitative estimate of drug-likeness (QED) is 0.912. The first kappa shape index (κ1) is 15.6. The largest absolute Gasteiger partial charge is 0.490 e. The molecule has 1 amide bonds. The maximum atomic E-state index is 12.1. The SMILES string of the molecule is Cc1noc(C)c1CC(=O)Nc1ccc(OC2CCCC2)cc1. The molecule has 0 bridgehead atoms. The smallest absolute Gasteiger partial charge is 0.228 e. The van der Waals surface area contributed by atoms with Gasteiger partial charge in [0.1, 0.15) is 11.5 Å². The second kappa shape index (κ2) is 6.86. The molecule has 1 aromatic heterocycles. The number of hydrogen-bond acceptors (Lipinski definition) is 4. The fourth-order valence-corrected chi connectivity index (χ4v) is 2.94. The molecule has 0 atom stereocenters. The van der Waals surface area contributed by atoms with E-state index in [-0.39, 0.29) is 12.3 Å². The zero-order chi connectivity index (χ0) is 16.2. The molecular weight excluding hydrogens is 292 g/mol. The van der Waals surface area contributed by atoms with Crippen molar-refractivity contribution < 1.29 is 14.1 Å². The van der Waals surface area contributed by atoms with Gasteiger partial charge in [-0.25, -0.2) is 0 Å². The Morgan fingerprint density at radius 3 is 2.57 bits per heavy atom. The van der Waals surface area contributed by atoms with Crippen LogP contribution in [0, 0.1) is 13.8 Å². The zero-order valence-corrected chi connectivity index (χ0v) is 13.6. The van der Waals surface area contributed by atoms with Crippen LogP contribution in [0.5, 0.6) is 5.75 Å². The molecular formula is C18H22N2O3. The van der Waals surface area contributed by atoms with Gasteiger partial charge in [-0.05, 0) is 63.8 Å². The van der Waals surface area contributed by atoms with Crippen LogP contribution >= 0.6 is 0 Å². The molecule has 5 heteroatoms. The summed E-state index contributed by atoms with van der Waals surface area (Å²) in [6.45, 7) is 3.66. The van der Waals surface area contributed by atoms with Crippen LogP contribution in [0.4, 0.5) is 5.69 Å². The maximum Gasteiger partial charge on any atom is 0.228 e. The van der Waals surface area contributed by atoms with Crippen molar-refractivity contribution in [3.63, 3.8) is 0 Å². The molecule has 0 spiro atoms. The number of hydrogen-bond donors (Lipinski definition) is 1. The Labute approximate surface area is 136 Å². The molecule has 0 aliphatic heterocycles. The van der Waals surface area contributed by atoms with E-state index in [1.807, 2.05) is 38.1 Å². The third-order valence-corrected chi connectivity index (χ3v) is 4.26. The number of benzene rings is 1. The summed E-state index contributed by atoms with van der Waals surface area (Å²) in [6, 6.07) is 7.55. The Balaban J connectivity index is 1.56. The Morgan fingerprint density at radius 2 is 1.96 bits per heavy atom. The highest BCUT2D eigenvalue weighted by atomic mass is 16.5. The molecule has 2 aromatic rings. The Kier molecular flexibility index (Phi) is 4.65. The van der Waals surface area contributed by atoms with Gasteiger partial charge in [0.25, 0.3) is 0 Å². The molecule has 1 aromatic carbocycles. The topological polar surface area (TPSA) is 64.4 Å². The third kappa shape index (κ3) is 3.92. The molecule has 1 fully saturated rings. The lowest BCUT2D eigenvalue weighted by Crippen LogP contribution is -2.15. The Bertz CT molecular complexity index is 651. The predicted molar refractivity (Wildman–Crippen MR) is 87.6 cm³/mol. The number of carbonyl (C=O) groups excluding carboxylic acids is 1. The Morgan fingerprint density at radius 1 is 1.26 bits per heavy atom. The molecule has 1 aliphatic carbocycles. The van der Waals surface area contributed by atoms with E-state index in [1.165, 1.54) is 12.8 Å². The van der Waals surface area contributed by atoms with Crippen LogP contribution in [0.15, 0.2) is 28.8 Å². The summed E-state index contributed by atoms with van der Waals surface area (Å²) >= 11 is 0. The van der Waals surface area contributed by atoms with E-state index in [1.54, 1.807) is 0 Å². The van der Waals surface area contributed by atoms with E-state index in [2.05, 4.69) is 10.5 Å². The maximum absolute atomic E-state index is 12.1. The summed E-state index contributed by atoms with van der Waals surface area (Å²) in [5, 5.41) is 6.76. The van der Waals surface area contributed by atoms with Crippen molar-refractivity contribution in [1.29, 1.82) is 0 Å². The minimum Gasteiger partial charge on any atom is -0.490 e. The average Bonchev–Trinajstić information content (AvgIpc) is 3.14. The van der Waals surface area contributed by atoms with Crippen molar-refractivity contribution in [2.75, 3.05) is 5.32 Å². The summed E-state index contributed by atoms with van der Waals surface area (Å²) < 4.78 is 11.0. The van der Waals surface area contributed by atoms with Crippen molar-refractivity contribution in [3.8, 4) is 5.75 Å². The van der Waals surface area contributed by atoms with Crippen molar-refractivity contribution in [2.24, 2.45) is 0 Å². The first-order valence-electron chi connectivity index (χ1n) is 8.10. The highest BCUT2D eigenvalue weighted by molar-refractivity contribution is 5.92. The van der Waals surface area contributed by atoms with Crippen molar-refractivity contribution in [2.45, 2.75) is 52.1 Å². The third-order valence-electron chi connectivity index (χ3n) is 4.26. The predicted octanol–water partition coefficient (Wildman–Crippen LogP) is 3.79. The molecule has 0 unspecified atom stereocenters. The molecule has 1 saturated carbocycles. The molecule has 1 N–H and O–H groups in total. The van der Waals surface area contributed by atoms with Crippen LogP contribution in [-0.2, 0) is 11.2 Å². The lowest BCUT2D eigenvalue weighted by Gasteiger charge is -2.13. The fourth-order valence-electron chi connectivity index (χ4n) is 2.94. The van der Waals surface area contributed by atoms with E-state index in [0.717, 1.165) is 35.5 Å². The second-order valence-electron chi connectivity index (χ2n) is 6.08. The molecule has 0 saturated heterocycles.